The third kappa shape index (κ3) is 1.86. The SMILES string of the molecule is COc1ccc(C2(C#N)C(=O)CN2c2ccccc2)cc1. The molecule has 1 aliphatic heterocycles. The molecule has 0 aliphatic carbocycles. The zero-order valence-electron chi connectivity index (χ0n) is 11.6. The van der Waals surface area contributed by atoms with Crippen molar-refractivity contribution in [3.8, 4) is 11.8 Å². The number of anilines is 1. The summed E-state index contributed by atoms with van der Waals surface area (Å²) < 4.78 is 5.12. The van der Waals surface area contributed by atoms with Gasteiger partial charge in [-0.05, 0) is 29.8 Å². The topological polar surface area (TPSA) is 53.3 Å². The Morgan fingerprint density at radius 1 is 1.14 bits per heavy atom. The van der Waals surface area contributed by atoms with E-state index in [-0.39, 0.29) is 12.3 Å². The largest absolute Gasteiger partial charge is 0.497 e. The van der Waals surface area contributed by atoms with E-state index in [1.807, 2.05) is 35.2 Å². The molecule has 21 heavy (non-hydrogen) atoms. The molecule has 2 aromatic rings. The fraction of sp³-hybridized carbons (Fsp3) is 0.176. The van der Waals surface area contributed by atoms with Gasteiger partial charge in [0, 0.05) is 5.69 Å². The van der Waals surface area contributed by atoms with Crippen molar-refractivity contribution in [1.82, 2.24) is 0 Å². The van der Waals surface area contributed by atoms with Gasteiger partial charge in [0.05, 0.1) is 13.7 Å². The number of ether oxygens (including phenoxy) is 1. The molecule has 0 saturated carbocycles. The first-order chi connectivity index (χ1) is 10.2. The number of Topliss-reactive ketones (excluding diaryl/α,β-unsaturated/α-hetero) is 1. The summed E-state index contributed by atoms with van der Waals surface area (Å²) in [7, 11) is 1.58. The summed E-state index contributed by atoms with van der Waals surface area (Å²) in [5.74, 6) is 0.615. The average molecular weight is 278 g/mol. The fourth-order valence-corrected chi connectivity index (χ4v) is 2.67. The van der Waals surface area contributed by atoms with E-state index < -0.39 is 5.54 Å². The molecule has 4 nitrogen and oxygen atoms in total. The highest BCUT2D eigenvalue weighted by Gasteiger charge is 2.55. The van der Waals surface area contributed by atoms with Gasteiger partial charge in [0.15, 0.2) is 5.78 Å². The first-order valence-corrected chi connectivity index (χ1v) is 6.64. The highest BCUT2D eigenvalue weighted by Crippen LogP contribution is 2.41. The van der Waals surface area contributed by atoms with Gasteiger partial charge < -0.3 is 9.64 Å². The molecule has 0 aromatic heterocycles. The van der Waals surface area contributed by atoms with Crippen LogP contribution in [0.5, 0.6) is 5.75 Å². The Morgan fingerprint density at radius 2 is 1.81 bits per heavy atom. The number of para-hydroxylation sites is 1. The molecule has 4 heteroatoms. The Balaban J connectivity index is 2.05. The molecule has 1 heterocycles. The number of benzene rings is 2. The molecule has 1 aliphatic rings. The second-order valence-electron chi connectivity index (χ2n) is 4.90. The van der Waals surface area contributed by atoms with E-state index in [1.54, 1.807) is 31.4 Å². The molecule has 1 fully saturated rings. The number of hydrogen-bond donors (Lipinski definition) is 0. The molecule has 1 atom stereocenters. The van der Waals surface area contributed by atoms with Crippen molar-refractivity contribution in [3.63, 3.8) is 0 Å². The normalized spacial score (nSPS) is 20.6. The van der Waals surface area contributed by atoms with Crippen molar-refractivity contribution in [2.45, 2.75) is 5.54 Å². The fourth-order valence-electron chi connectivity index (χ4n) is 2.67. The highest BCUT2D eigenvalue weighted by atomic mass is 16.5. The first kappa shape index (κ1) is 13.2. The Labute approximate surface area is 123 Å². The first-order valence-electron chi connectivity index (χ1n) is 6.64. The number of carbonyl (C=O) groups excluding carboxylic acids is 1. The summed E-state index contributed by atoms with van der Waals surface area (Å²) in [5, 5.41) is 9.67. The summed E-state index contributed by atoms with van der Waals surface area (Å²) in [6, 6.07) is 18.8. The molecule has 0 spiro atoms. The number of hydrogen-bond acceptors (Lipinski definition) is 4. The monoisotopic (exact) mass is 278 g/mol. The third-order valence-electron chi connectivity index (χ3n) is 3.85. The van der Waals surface area contributed by atoms with Crippen LogP contribution in [0.2, 0.25) is 0 Å². The molecule has 0 radical (unpaired) electrons. The standard InChI is InChI=1S/C17H14N2O2/c1-21-15-9-7-13(8-10-15)17(12-18)16(20)11-19(17)14-5-3-2-4-6-14/h2-10H,11H2,1H3. The second kappa shape index (κ2) is 4.95. The predicted molar refractivity (Wildman–Crippen MR) is 79.1 cm³/mol. The quantitative estimate of drug-likeness (QED) is 0.865. The van der Waals surface area contributed by atoms with Crippen molar-refractivity contribution in [2.24, 2.45) is 0 Å². The van der Waals surface area contributed by atoms with Crippen LogP contribution >= 0.6 is 0 Å². The Morgan fingerprint density at radius 3 is 2.33 bits per heavy atom. The maximum atomic E-state index is 12.2. The minimum absolute atomic E-state index is 0.0842. The second-order valence-corrected chi connectivity index (χ2v) is 4.90. The minimum atomic E-state index is -1.23. The smallest absolute Gasteiger partial charge is 0.214 e. The number of nitrogens with zero attached hydrogens (tertiary/aromatic N) is 2. The lowest BCUT2D eigenvalue weighted by Gasteiger charge is -2.47. The van der Waals surface area contributed by atoms with Crippen molar-refractivity contribution in [1.29, 1.82) is 5.26 Å². The lowest BCUT2D eigenvalue weighted by molar-refractivity contribution is -0.126. The summed E-state index contributed by atoms with van der Waals surface area (Å²) in [4.78, 5) is 14.1. The van der Waals surface area contributed by atoms with E-state index in [0.717, 1.165) is 5.69 Å². The molecule has 2 aromatic carbocycles. The van der Waals surface area contributed by atoms with Crippen LogP contribution in [0.3, 0.4) is 0 Å². The van der Waals surface area contributed by atoms with Crippen LogP contribution in [0.15, 0.2) is 54.6 Å². The Kier molecular flexibility index (Phi) is 3.11. The van der Waals surface area contributed by atoms with Crippen molar-refractivity contribution < 1.29 is 9.53 Å². The van der Waals surface area contributed by atoms with E-state index in [1.165, 1.54) is 0 Å². The zero-order valence-corrected chi connectivity index (χ0v) is 11.6. The maximum Gasteiger partial charge on any atom is 0.214 e. The van der Waals surface area contributed by atoms with E-state index in [2.05, 4.69) is 6.07 Å². The van der Waals surface area contributed by atoms with Crippen LogP contribution in [0.4, 0.5) is 5.69 Å². The van der Waals surface area contributed by atoms with Crippen LogP contribution in [-0.4, -0.2) is 19.4 Å². The van der Waals surface area contributed by atoms with Crippen molar-refractivity contribution >= 4 is 11.5 Å². The molecule has 1 saturated heterocycles. The average Bonchev–Trinajstić information content (AvgIpc) is 2.55. The van der Waals surface area contributed by atoms with Gasteiger partial charge in [-0.3, -0.25) is 4.79 Å². The molecule has 0 N–H and O–H groups in total. The van der Waals surface area contributed by atoms with Crippen molar-refractivity contribution in [3.05, 3.63) is 60.2 Å². The van der Waals surface area contributed by atoms with Crippen LogP contribution < -0.4 is 9.64 Å². The van der Waals surface area contributed by atoms with Gasteiger partial charge in [-0.2, -0.15) is 5.26 Å². The molecular weight excluding hydrogens is 264 g/mol. The van der Waals surface area contributed by atoms with E-state index in [9.17, 15) is 10.1 Å². The zero-order chi connectivity index (χ0) is 14.9. The third-order valence-corrected chi connectivity index (χ3v) is 3.85. The molecular formula is C17H14N2O2. The highest BCUT2D eigenvalue weighted by molar-refractivity contribution is 6.06. The van der Waals surface area contributed by atoms with Gasteiger partial charge in [0.25, 0.3) is 0 Å². The predicted octanol–water partition coefficient (Wildman–Crippen LogP) is 2.50. The Bertz CT molecular complexity index is 704. The van der Waals surface area contributed by atoms with Crippen LogP contribution in [0.25, 0.3) is 0 Å². The molecule has 104 valence electrons. The van der Waals surface area contributed by atoms with Crippen molar-refractivity contribution in [2.75, 3.05) is 18.6 Å². The molecule has 0 bridgehead atoms. The maximum absolute atomic E-state index is 12.2. The molecule has 3 rings (SSSR count). The Hall–Kier alpha value is -2.80. The van der Waals surface area contributed by atoms with Gasteiger partial charge in [0.1, 0.15) is 11.8 Å². The minimum Gasteiger partial charge on any atom is -0.497 e. The van der Waals surface area contributed by atoms with E-state index in [0.29, 0.717) is 11.3 Å². The van der Waals surface area contributed by atoms with Gasteiger partial charge in [-0.25, -0.2) is 0 Å². The molecule has 1 unspecified atom stereocenters. The van der Waals surface area contributed by atoms with Crippen LogP contribution in [0, 0.1) is 11.3 Å². The number of carbonyl (C=O) groups is 1. The number of ketones is 1. The van der Waals surface area contributed by atoms with Gasteiger partial charge in [0.2, 0.25) is 5.54 Å². The lowest BCUT2D eigenvalue weighted by atomic mass is 9.77. The summed E-state index contributed by atoms with van der Waals surface area (Å²) >= 11 is 0. The summed E-state index contributed by atoms with van der Waals surface area (Å²) in [6.07, 6.45) is 0. The summed E-state index contributed by atoms with van der Waals surface area (Å²) in [5.41, 5.74) is 0.313. The lowest BCUT2D eigenvalue weighted by Crippen LogP contribution is -2.65. The number of methoxy groups -OCH3 is 1. The van der Waals surface area contributed by atoms with Crippen LogP contribution in [-0.2, 0) is 10.3 Å². The van der Waals surface area contributed by atoms with E-state index >= 15 is 0 Å². The van der Waals surface area contributed by atoms with Gasteiger partial charge >= 0.3 is 0 Å². The van der Waals surface area contributed by atoms with Crippen LogP contribution in [0.1, 0.15) is 5.56 Å². The number of nitriles is 1. The van der Waals surface area contributed by atoms with E-state index in [4.69, 9.17) is 4.74 Å². The van der Waals surface area contributed by atoms with Gasteiger partial charge in [-0.15, -0.1) is 0 Å². The number of rotatable bonds is 3. The molecule has 0 amide bonds. The summed E-state index contributed by atoms with van der Waals surface area (Å²) in [6.45, 7) is 0.254. The van der Waals surface area contributed by atoms with Gasteiger partial charge in [-0.1, -0.05) is 30.3 Å².